The Hall–Kier alpha value is -0.0800. The van der Waals surface area contributed by atoms with Crippen LogP contribution in [-0.4, -0.2) is 17.8 Å². The molecule has 72 valence electrons. The third-order valence-electron chi connectivity index (χ3n) is 3.28. The number of hydrogen-bond acceptors (Lipinski definition) is 2. The Morgan fingerprint density at radius 2 is 1.75 bits per heavy atom. The van der Waals surface area contributed by atoms with E-state index in [0.717, 1.165) is 12.8 Å². The third kappa shape index (κ3) is 2.20. The van der Waals surface area contributed by atoms with Crippen LogP contribution in [0.15, 0.2) is 0 Å². The van der Waals surface area contributed by atoms with Gasteiger partial charge in [0, 0.05) is 12.6 Å². The first kappa shape index (κ1) is 10.0. The molecular formula is C10H21NO. The summed E-state index contributed by atoms with van der Waals surface area (Å²) in [5.41, 5.74) is 5.92. The van der Waals surface area contributed by atoms with E-state index in [4.69, 9.17) is 5.73 Å². The van der Waals surface area contributed by atoms with Crippen molar-refractivity contribution in [1.82, 2.24) is 0 Å². The van der Waals surface area contributed by atoms with Gasteiger partial charge in [-0.15, -0.1) is 0 Å². The minimum atomic E-state index is 0.0974. The van der Waals surface area contributed by atoms with Gasteiger partial charge in [0.2, 0.25) is 0 Å². The number of aliphatic hydroxyl groups excluding tert-OH is 1. The maximum absolute atomic E-state index is 9.18. The summed E-state index contributed by atoms with van der Waals surface area (Å²) in [4.78, 5) is 0. The summed E-state index contributed by atoms with van der Waals surface area (Å²) >= 11 is 0. The summed E-state index contributed by atoms with van der Waals surface area (Å²) in [6, 6.07) is 0.413. The van der Waals surface area contributed by atoms with Crippen molar-refractivity contribution in [2.75, 3.05) is 6.61 Å². The zero-order valence-electron chi connectivity index (χ0n) is 8.21. The summed E-state index contributed by atoms with van der Waals surface area (Å²) in [7, 11) is 0. The first-order valence-electron chi connectivity index (χ1n) is 4.92. The molecule has 1 aliphatic carbocycles. The van der Waals surface area contributed by atoms with Crippen molar-refractivity contribution in [3.05, 3.63) is 0 Å². The topological polar surface area (TPSA) is 46.2 Å². The van der Waals surface area contributed by atoms with Gasteiger partial charge in [0.05, 0.1) is 0 Å². The summed E-state index contributed by atoms with van der Waals surface area (Å²) in [6.07, 6.45) is 4.64. The van der Waals surface area contributed by atoms with E-state index < -0.39 is 0 Å². The summed E-state index contributed by atoms with van der Waals surface area (Å²) in [5.74, 6) is 0.669. The highest BCUT2D eigenvalue weighted by molar-refractivity contribution is 4.83. The maximum Gasteiger partial charge on any atom is 0.0484 e. The lowest BCUT2D eigenvalue weighted by Crippen LogP contribution is -2.35. The second kappa shape index (κ2) is 3.75. The first-order chi connectivity index (χ1) is 5.56. The van der Waals surface area contributed by atoms with Gasteiger partial charge in [0.25, 0.3) is 0 Å². The summed E-state index contributed by atoms with van der Waals surface area (Å²) < 4.78 is 0. The van der Waals surface area contributed by atoms with E-state index in [1.54, 1.807) is 0 Å². The molecule has 0 aliphatic heterocycles. The van der Waals surface area contributed by atoms with Gasteiger partial charge in [0.1, 0.15) is 0 Å². The quantitative estimate of drug-likeness (QED) is 0.661. The van der Waals surface area contributed by atoms with Crippen LogP contribution < -0.4 is 5.73 Å². The molecule has 0 aromatic heterocycles. The smallest absolute Gasteiger partial charge is 0.0484 e. The lowest BCUT2D eigenvalue weighted by Gasteiger charge is -2.37. The monoisotopic (exact) mass is 171 g/mol. The molecule has 0 heterocycles. The Kier molecular flexibility index (Phi) is 3.13. The van der Waals surface area contributed by atoms with Crippen LogP contribution in [0.5, 0.6) is 0 Å². The molecule has 1 aliphatic rings. The van der Waals surface area contributed by atoms with E-state index in [0.29, 0.717) is 18.6 Å². The van der Waals surface area contributed by atoms with Crippen molar-refractivity contribution in [3.8, 4) is 0 Å². The molecule has 2 heteroatoms. The molecule has 0 spiro atoms. The van der Waals surface area contributed by atoms with Gasteiger partial charge in [-0.3, -0.25) is 0 Å². The minimum absolute atomic E-state index is 0.0974. The van der Waals surface area contributed by atoms with Gasteiger partial charge in [-0.05, 0) is 37.0 Å². The molecule has 1 rings (SSSR count). The van der Waals surface area contributed by atoms with Crippen LogP contribution in [0.1, 0.15) is 39.5 Å². The lowest BCUT2D eigenvalue weighted by atomic mass is 9.71. The fourth-order valence-electron chi connectivity index (χ4n) is 2.03. The highest BCUT2D eigenvalue weighted by Gasteiger charge is 2.31. The third-order valence-corrected chi connectivity index (χ3v) is 3.28. The van der Waals surface area contributed by atoms with Crippen molar-refractivity contribution >= 4 is 0 Å². The van der Waals surface area contributed by atoms with E-state index in [1.807, 2.05) is 0 Å². The molecule has 0 saturated heterocycles. The highest BCUT2D eigenvalue weighted by atomic mass is 16.3. The second-order valence-electron chi connectivity index (χ2n) is 4.76. The van der Waals surface area contributed by atoms with E-state index in [-0.39, 0.29) is 5.41 Å². The molecule has 0 unspecified atom stereocenters. The molecule has 0 aromatic carbocycles. The molecule has 3 N–H and O–H groups in total. The predicted octanol–water partition coefficient (Wildman–Crippen LogP) is 1.52. The van der Waals surface area contributed by atoms with Crippen molar-refractivity contribution in [2.45, 2.75) is 45.6 Å². The van der Waals surface area contributed by atoms with E-state index in [1.165, 1.54) is 12.8 Å². The van der Waals surface area contributed by atoms with Crippen molar-refractivity contribution < 1.29 is 5.11 Å². The molecule has 1 fully saturated rings. The van der Waals surface area contributed by atoms with E-state index in [2.05, 4.69) is 13.8 Å². The van der Waals surface area contributed by atoms with Gasteiger partial charge < -0.3 is 10.8 Å². The molecule has 2 nitrogen and oxygen atoms in total. The van der Waals surface area contributed by atoms with E-state index >= 15 is 0 Å². The molecule has 0 amide bonds. The molecule has 12 heavy (non-hydrogen) atoms. The fourth-order valence-corrected chi connectivity index (χ4v) is 2.03. The normalized spacial score (nSPS) is 32.0. The number of hydrogen-bond donors (Lipinski definition) is 2. The van der Waals surface area contributed by atoms with Crippen LogP contribution >= 0.6 is 0 Å². The Morgan fingerprint density at radius 3 is 2.17 bits per heavy atom. The molecule has 0 atom stereocenters. The molecule has 1 saturated carbocycles. The standard InChI is InChI=1S/C10H21NO/c1-10(2,7-12)8-3-5-9(11)6-4-8/h8-9,12H,3-7,11H2,1-2H3/t8-,9-. The Balaban J connectivity index is 2.44. The van der Waals surface area contributed by atoms with Gasteiger partial charge in [-0.25, -0.2) is 0 Å². The van der Waals surface area contributed by atoms with Crippen LogP contribution in [0, 0.1) is 11.3 Å². The summed E-state index contributed by atoms with van der Waals surface area (Å²) in [5, 5.41) is 9.18. The Labute approximate surface area is 75.2 Å². The van der Waals surface area contributed by atoms with Gasteiger partial charge >= 0.3 is 0 Å². The van der Waals surface area contributed by atoms with Crippen LogP contribution in [0.4, 0.5) is 0 Å². The Bertz CT molecular complexity index is 137. The number of nitrogens with two attached hydrogens (primary N) is 1. The molecule has 0 bridgehead atoms. The van der Waals surface area contributed by atoms with Crippen LogP contribution in [0.25, 0.3) is 0 Å². The van der Waals surface area contributed by atoms with Gasteiger partial charge in [-0.2, -0.15) is 0 Å². The maximum atomic E-state index is 9.18. The van der Waals surface area contributed by atoms with E-state index in [9.17, 15) is 5.11 Å². The van der Waals surface area contributed by atoms with Crippen molar-refractivity contribution in [3.63, 3.8) is 0 Å². The predicted molar refractivity (Wildman–Crippen MR) is 50.8 cm³/mol. The zero-order valence-corrected chi connectivity index (χ0v) is 8.21. The van der Waals surface area contributed by atoms with Crippen molar-refractivity contribution in [2.24, 2.45) is 17.1 Å². The van der Waals surface area contributed by atoms with Crippen molar-refractivity contribution in [1.29, 1.82) is 0 Å². The molecular weight excluding hydrogens is 150 g/mol. The van der Waals surface area contributed by atoms with Gasteiger partial charge in [-0.1, -0.05) is 13.8 Å². The van der Waals surface area contributed by atoms with Crippen LogP contribution in [-0.2, 0) is 0 Å². The van der Waals surface area contributed by atoms with Crippen LogP contribution in [0.2, 0.25) is 0 Å². The average Bonchev–Trinajstić information content (AvgIpc) is 2.05. The number of rotatable bonds is 2. The second-order valence-corrected chi connectivity index (χ2v) is 4.76. The molecule has 0 aromatic rings. The molecule has 0 radical (unpaired) electrons. The highest BCUT2D eigenvalue weighted by Crippen LogP contribution is 2.37. The van der Waals surface area contributed by atoms with Crippen LogP contribution in [0.3, 0.4) is 0 Å². The largest absolute Gasteiger partial charge is 0.396 e. The Morgan fingerprint density at radius 1 is 1.25 bits per heavy atom. The zero-order chi connectivity index (χ0) is 9.19. The first-order valence-corrected chi connectivity index (χ1v) is 4.92. The lowest BCUT2D eigenvalue weighted by molar-refractivity contribution is 0.0701. The SMILES string of the molecule is CC(C)(CO)[C@H]1CC[C@H](N)CC1. The van der Waals surface area contributed by atoms with Gasteiger partial charge in [0.15, 0.2) is 0 Å². The average molecular weight is 171 g/mol. The fraction of sp³-hybridized carbons (Fsp3) is 1.00. The number of aliphatic hydroxyl groups is 1. The summed E-state index contributed by atoms with van der Waals surface area (Å²) in [6.45, 7) is 4.59. The minimum Gasteiger partial charge on any atom is -0.396 e.